The molecule has 0 radical (unpaired) electrons. The molecule has 2 aliphatic heterocycles. The molecule has 1 N–H and O–H groups in total. The van der Waals surface area contributed by atoms with E-state index < -0.39 is 11.5 Å². The van der Waals surface area contributed by atoms with Crippen LogP contribution in [0, 0.1) is 5.41 Å². The second kappa shape index (κ2) is 8.36. The van der Waals surface area contributed by atoms with Gasteiger partial charge in [0.1, 0.15) is 6.04 Å². The quantitative estimate of drug-likeness (QED) is 0.661. The minimum atomic E-state index is -0.697. The molecule has 0 aliphatic carbocycles. The van der Waals surface area contributed by atoms with E-state index in [-0.39, 0.29) is 36.5 Å². The van der Waals surface area contributed by atoms with E-state index in [2.05, 4.69) is 5.32 Å². The number of rotatable bonds is 5. The average molecular weight is 396 g/mol. The zero-order valence-electron chi connectivity index (χ0n) is 17.8. The normalized spacial score (nSPS) is 22.5. The minimum absolute atomic E-state index is 0.0178. The molecule has 2 rings (SSSR count). The summed E-state index contributed by atoms with van der Waals surface area (Å²) in [5, 5.41) is 2.81. The van der Waals surface area contributed by atoms with E-state index in [0.29, 0.717) is 19.5 Å². The van der Waals surface area contributed by atoms with E-state index in [1.54, 1.807) is 19.0 Å². The van der Waals surface area contributed by atoms with Crippen LogP contribution in [-0.2, 0) is 14.4 Å². The van der Waals surface area contributed by atoms with E-state index in [0.717, 1.165) is 12.8 Å². The number of nitrogens with zero attached hydrogens (tertiary/aromatic N) is 4. The molecule has 9 nitrogen and oxygen atoms in total. The molecule has 0 bridgehead atoms. The fraction of sp³-hybridized carbons (Fsp3) is 0.789. The van der Waals surface area contributed by atoms with Gasteiger partial charge in [-0.1, -0.05) is 20.8 Å². The molecular formula is C19H33N5O4. The third kappa shape index (κ3) is 4.56. The number of likely N-dealkylation sites (N-methyl/N-ethyl adjacent to an activating group) is 1. The number of urea groups is 1. The van der Waals surface area contributed by atoms with Crippen molar-refractivity contribution in [2.24, 2.45) is 5.41 Å². The maximum absolute atomic E-state index is 13.4. The van der Waals surface area contributed by atoms with Crippen molar-refractivity contribution < 1.29 is 19.2 Å². The van der Waals surface area contributed by atoms with Crippen molar-refractivity contribution in [3.63, 3.8) is 0 Å². The van der Waals surface area contributed by atoms with E-state index in [1.807, 2.05) is 30.6 Å². The van der Waals surface area contributed by atoms with Gasteiger partial charge in [-0.2, -0.15) is 0 Å². The van der Waals surface area contributed by atoms with Crippen molar-refractivity contribution in [2.75, 3.05) is 40.8 Å². The van der Waals surface area contributed by atoms with Crippen LogP contribution < -0.4 is 5.32 Å². The first-order valence-corrected chi connectivity index (χ1v) is 9.70. The van der Waals surface area contributed by atoms with Crippen molar-refractivity contribution in [3.05, 3.63) is 0 Å². The maximum Gasteiger partial charge on any atom is 0.319 e. The van der Waals surface area contributed by atoms with Crippen LogP contribution in [-0.4, -0.2) is 103 Å². The zero-order chi connectivity index (χ0) is 21.2. The highest BCUT2D eigenvalue weighted by molar-refractivity contribution is 5.90. The van der Waals surface area contributed by atoms with Gasteiger partial charge < -0.3 is 24.9 Å². The molecule has 3 atom stereocenters. The minimum Gasteiger partial charge on any atom is -0.342 e. The molecule has 158 valence electrons. The van der Waals surface area contributed by atoms with Crippen LogP contribution in [0.5, 0.6) is 0 Å². The summed E-state index contributed by atoms with van der Waals surface area (Å²) in [4.78, 5) is 55.3. The molecular weight excluding hydrogens is 362 g/mol. The Morgan fingerprint density at radius 1 is 1.07 bits per heavy atom. The van der Waals surface area contributed by atoms with Crippen molar-refractivity contribution in [1.82, 2.24) is 24.9 Å². The number of hydrogen-bond acceptors (Lipinski definition) is 4. The molecule has 2 heterocycles. The molecule has 28 heavy (non-hydrogen) atoms. The molecule has 3 unspecified atom stereocenters. The van der Waals surface area contributed by atoms with Crippen molar-refractivity contribution >= 4 is 24.3 Å². The Morgan fingerprint density at radius 3 is 2.11 bits per heavy atom. The first kappa shape index (κ1) is 22.0. The molecule has 2 saturated heterocycles. The summed E-state index contributed by atoms with van der Waals surface area (Å²) in [5.41, 5.74) is -0.484. The van der Waals surface area contributed by atoms with E-state index in [4.69, 9.17) is 0 Å². The second-order valence-corrected chi connectivity index (χ2v) is 9.00. The number of carbonyl (C=O) groups excluding carboxylic acids is 4. The molecule has 0 saturated carbocycles. The first-order chi connectivity index (χ1) is 13.0. The van der Waals surface area contributed by atoms with Crippen LogP contribution in [0.1, 0.15) is 33.6 Å². The molecule has 0 spiro atoms. The topological polar surface area (TPSA) is 93.3 Å². The highest BCUT2D eigenvalue weighted by Gasteiger charge is 2.49. The molecule has 9 heteroatoms. The summed E-state index contributed by atoms with van der Waals surface area (Å²) in [6.45, 7) is 6.82. The van der Waals surface area contributed by atoms with Gasteiger partial charge in [-0.3, -0.25) is 14.4 Å². The number of carbonyl (C=O) groups is 4. The number of nitrogens with one attached hydrogen (secondary N) is 1. The zero-order valence-corrected chi connectivity index (χ0v) is 17.8. The van der Waals surface area contributed by atoms with Gasteiger partial charge in [-0.05, 0) is 18.3 Å². The number of likely N-dealkylation sites (tertiary alicyclic amines) is 2. The average Bonchev–Trinajstić information content (AvgIpc) is 3.19. The Labute approximate surface area is 167 Å². The summed E-state index contributed by atoms with van der Waals surface area (Å²) >= 11 is 0. The van der Waals surface area contributed by atoms with Gasteiger partial charge in [0.2, 0.25) is 18.2 Å². The molecule has 0 aromatic rings. The lowest BCUT2D eigenvalue weighted by molar-refractivity contribution is -0.140. The third-order valence-corrected chi connectivity index (χ3v) is 5.48. The van der Waals surface area contributed by atoms with Crippen LogP contribution in [0.3, 0.4) is 0 Å². The number of fused-ring (bicyclic) bond motifs is 1. The largest absolute Gasteiger partial charge is 0.342 e. The van der Waals surface area contributed by atoms with Crippen LogP contribution in [0.15, 0.2) is 0 Å². The highest BCUT2D eigenvalue weighted by Crippen LogP contribution is 2.34. The van der Waals surface area contributed by atoms with Crippen molar-refractivity contribution in [2.45, 2.75) is 51.7 Å². The van der Waals surface area contributed by atoms with Crippen LogP contribution in [0.2, 0.25) is 0 Å². The predicted octanol–water partition coefficient (Wildman–Crippen LogP) is -0.0377. The molecule has 2 aliphatic rings. The van der Waals surface area contributed by atoms with Gasteiger partial charge >= 0.3 is 6.03 Å². The van der Waals surface area contributed by atoms with Gasteiger partial charge in [0, 0.05) is 34.2 Å². The highest BCUT2D eigenvalue weighted by atomic mass is 16.2. The monoisotopic (exact) mass is 395 g/mol. The van der Waals surface area contributed by atoms with E-state index in [9.17, 15) is 19.2 Å². The van der Waals surface area contributed by atoms with E-state index >= 15 is 0 Å². The lowest BCUT2D eigenvalue weighted by Crippen LogP contribution is -2.57. The lowest BCUT2D eigenvalue weighted by atomic mass is 9.85. The van der Waals surface area contributed by atoms with Crippen molar-refractivity contribution in [3.8, 4) is 0 Å². The first-order valence-electron chi connectivity index (χ1n) is 9.70. The fourth-order valence-corrected chi connectivity index (χ4v) is 4.04. The summed E-state index contributed by atoms with van der Waals surface area (Å²) in [5.74, 6) is -0.490. The Morgan fingerprint density at radius 2 is 1.61 bits per heavy atom. The summed E-state index contributed by atoms with van der Waals surface area (Å²) in [6.07, 6.45) is 2.07. The molecule has 5 amide bonds. The number of hydrogen-bond donors (Lipinski definition) is 1. The van der Waals surface area contributed by atoms with Crippen LogP contribution in [0.4, 0.5) is 4.79 Å². The smallest absolute Gasteiger partial charge is 0.319 e. The van der Waals surface area contributed by atoms with Crippen molar-refractivity contribution in [1.29, 1.82) is 0 Å². The summed E-state index contributed by atoms with van der Waals surface area (Å²) in [7, 11) is 4.98. The number of amides is 5. The van der Waals surface area contributed by atoms with Gasteiger partial charge in [0.05, 0.1) is 18.6 Å². The van der Waals surface area contributed by atoms with Crippen LogP contribution in [0.25, 0.3) is 0 Å². The Balaban J connectivity index is 2.12. The van der Waals surface area contributed by atoms with Gasteiger partial charge in [-0.15, -0.1) is 0 Å². The van der Waals surface area contributed by atoms with Crippen LogP contribution >= 0.6 is 0 Å². The summed E-state index contributed by atoms with van der Waals surface area (Å²) in [6, 6.07) is -0.719. The van der Waals surface area contributed by atoms with Gasteiger partial charge in [-0.25, -0.2) is 4.79 Å². The standard InChI is InChI=1S/C19H33N5O4/c1-19(2,3)16(20-15(26)11-22(6)12-25)17(27)23-9-7-14-13(23)8-10-24(14)18(28)21(4)5/h12-14,16H,7-11H2,1-6H3,(H,20,26). The van der Waals surface area contributed by atoms with E-state index in [1.165, 1.54) is 11.9 Å². The lowest BCUT2D eigenvalue weighted by Gasteiger charge is -2.35. The Bertz CT molecular complexity index is 630. The summed E-state index contributed by atoms with van der Waals surface area (Å²) < 4.78 is 0. The SMILES string of the molecule is CN(C=O)CC(=O)NC(C(=O)N1CCC2C1CCN2C(=O)N(C)C)C(C)(C)C. The molecule has 0 aromatic carbocycles. The Hall–Kier alpha value is -2.32. The predicted molar refractivity (Wildman–Crippen MR) is 104 cm³/mol. The second-order valence-electron chi connectivity index (χ2n) is 9.00. The molecule has 0 aromatic heterocycles. The van der Waals surface area contributed by atoms with Gasteiger partial charge in [0.25, 0.3) is 0 Å². The Kier molecular flexibility index (Phi) is 6.56. The van der Waals surface area contributed by atoms with Gasteiger partial charge in [0.15, 0.2) is 0 Å². The molecule has 2 fully saturated rings. The fourth-order valence-electron chi connectivity index (χ4n) is 4.04. The third-order valence-electron chi connectivity index (χ3n) is 5.48. The maximum atomic E-state index is 13.4.